The summed E-state index contributed by atoms with van der Waals surface area (Å²) in [6.45, 7) is 13.7. The minimum Gasteiger partial charge on any atom is -0.466 e. The van der Waals surface area contributed by atoms with Crippen LogP contribution in [0.2, 0.25) is 0 Å². The lowest BCUT2D eigenvalue weighted by Gasteiger charge is -2.57. The topological polar surface area (TPSA) is 70.4 Å². The van der Waals surface area contributed by atoms with Crippen LogP contribution in [0.15, 0.2) is 42.7 Å². The second-order valence-electron chi connectivity index (χ2n) is 12.4. The Kier molecular flexibility index (Phi) is 6.97. The van der Waals surface area contributed by atoms with E-state index in [9.17, 15) is 9.59 Å². The smallest absolute Gasteiger partial charge is 0.302 e. The van der Waals surface area contributed by atoms with Gasteiger partial charge in [0.15, 0.2) is 0 Å². The SMILES string of the molecule is C=C1CC[C@H]2[C@H](Cn3cnc4ccccc43)[C@@H](C3(C)CCC(OC(C)=O)CC3COC(C)=O)CC[C@]12C. The third-order valence-electron chi connectivity index (χ3n) is 10.5. The molecule has 3 unspecified atom stereocenters. The van der Waals surface area contributed by atoms with Gasteiger partial charge in [-0.3, -0.25) is 9.59 Å². The monoisotopic (exact) mass is 506 g/mol. The van der Waals surface area contributed by atoms with Crippen molar-refractivity contribution in [3.63, 3.8) is 0 Å². The summed E-state index contributed by atoms with van der Waals surface area (Å²) in [4.78, 5) is 28.3. The van der Waals surface area contributed by atoms with Crippen molar-refractivity contribution in [2.45, 2.75) is 85.3 Å². The molecule has 1 aromatic heterocycles. The number of benzene rings is 1. The van der Waals surface area contributed by atoms with Gasteiger partial charge in [0.25, 0.3) is 0 Å². The van der Waals surface area contributed by atoms with Crippen LogP contribution in [0.25, 0.3) is 11.0 Å². The molecule has 0 bridgehead atoms. The van der Waals surface area contributed by atoms with Crippen molar-refractivity contribution in [3.05, 3.63) is 42.7 Å². The Hall–Kier alpha value is -2.63. The van der Waals surface area contributed by atoms with Gasteiger partial charge >= 0.3 is 11.9 Å². The lowest BCUT2D eigenvalue weighted by atomic mass is 9.49. The lowest BCUT2D eigenvalue weighted by molar-refractivity contribution is -0.161. The molecular formula is C31H42N2O4. The van der Waals surface area contributed by atoms with Crippen molar-refractivity contribution >= 4 is 23.0 Å². The van der Waals surface area contributed by atoms with E-state index >= 15 is 0 Å². The van der Waals surface area contributed by atoms with Gasteiger partial charge in [-0.05, 0) is 85.7 Å². The summed E-state index contributed by atoms with van der Waals surface area (Å²) in [5.74, 6) is 1.17. The molecule has 0 N–H and O–H groups in total. The van der Waals surface area contributed by atoms with Crippen LogP contribution < -0.4 is 0 Å². The zero-order valence-electron chi connectivity index (χ0n) is 22.9. The molecule has 0 amide bonds. The number of esters is 2. The van der Waals surface area contributed by atoms with Crippen molar-refractivity contribution < 1.29 is 19.1 Å². The van der Waals surface area contributed by atoms with Crippen molar-refractivity contribution in [1.82, 2.24) is 9.55 Å². The molecule has 5 rings (SSSR count). The number of rotatable bonds is 6. The van der Waals surface area contributed by atoms with Gasteiger partial charge in [-0.1, -0.05) is 38.1 Å². The summed E-state index contributed by atoms with van der Waals surface area (Å²) in [6.07, 6.45) is 9.05. The van der Waals surface area contributed by atoms with Crippen molar-refractivity contribution in [1.29, 1.82) is 0 Å². The molecule has 7 atom stereocenters. The molecule has 0 aliphatic heterocycles. The average molecular weight is 507 g/mol. The molecule has 2 aromatic rings. The number of fused-ring (bicyclic) bond motifs is 2. The number of carbonyl (C=O) groups is 2. The number of ether oxygens (including phenoxy) is 2. The van der Waals surface area contributed by atoms with Crippen LogP contribution in [0.4, 0.5) is 0 Å². The van der Waals surface area contributed by atoms with Crippen molar-refractivity contribution in [2.75, 3.05) is 6.61 Å². The lowest BCUT2D eigenvalue weighted by Crippen LogP contribution is -2.52. The first-order chi connectivity index (χ1) is 17.6. The summed E-state index contributed by atoms with van der Waals surface area (Å²) < 4.78 is 13.7. The summed E-state index contributed by atoms with van der Waals surface area (Å²) in [6, 6.07) is 8.39. The largest absolute Gasteiger partial charge is 0.466 e. The zero-order chi connectivity index (χ0) is 26.4. The number of aromatic nitrogens is 2. The third kappa shape index (κ3) is 4.72. The number of para-hydroxylation sites is 2. The second-order valence-corrected chi connectivity index (χ2v) is 12.4. The van der Waals surface area contributed by atoms with Crippen LogP contribution in [-0.2, 0) is 25.6 Å². The minimum atomic E-state index is -0.248. The second kappa shape index (κ2) is 9.92. The fraction of sp³-hybridized carbons (Fsp3) is 0.645. The summed E-state index contributed by atoms with van der Waals surface area (Å²) in [7, 11) is 0. The number of carbonyl (C=O) groups excluding carboxylic acids is 2. The van der Waals surface area contributed by atoms with Crippen LogP contribution in [0, 0.1) is 34.5 Å². The number of imidazole rings is 1. The van der Waals surface area contributed by atoms with E-state index in [2.05, 4.69) is 43.2 Å². The predicted octanol–water partition coefficient (Wildman–Crippen LogP) is 6.34. The zero-order valence-corrected chi connectivity index (χ0v) is 22.9. The highest BCUT2D eigenvalue weighted by molar-refractivity contribution is 5.74. The van der Waals surface area contributed by atoms with E-state index < -0.39 is 0 Å². The van der Waals surface area contributed by atoms with Gasteiger partial charge < -0.3 is 14.0 Å². The Balaban J connectivity index is 1.50. The highest BCUT2D eigenvalue weighted by Crippen LogP contribution is 2.64. The maximum Gasteiger partial charge on any atom is 0.302 e. The molecule has 0 spiro atoms. The molecule has 200 valence electrons. The van der Waals surface area contributed by atoms with E-state index in [-0.39, 0.29) is 34.8 Å². The Morgan fingerprint density at radius 2 is 1.86 bits per heavy atom. The fourth-order valence-corrected chi connectivity index (χ4v) is 8.34. The molecule has 1 aromatic carbocycles. The Labute approximate surface area is 220 Å². The van der Waals surface area contributed by atoms with Gasteiger partial charge in [0.2, 0.25) is 0 Å². The highest BCUT2D eigenvalue weighted by atomic mass is 16.5. The first kappa shape index (κ1) is 26.0. The van der Waals surface area contributed by atoms with Crippen LogP contribution in [-0.4, -0.2) is 34.2 Å². The maximum absolute atomic E-state index is 11.8. The van der Waals surface area contributed by atoms with E-state index in [1.165, 1.54) is 31.4 Å². The van der Waals surface area contributed by atoms with Crippen LogP contribution in [0.1, 0.15) is 72.6 Å². The third-order valence-corrected chi connectivity index (χ3v) is 10.5. The van der Waals surface area contributed by atoms with Crippen LogP contribution in [0.3, 0.4) is 0 Å². The van der Waals surface area contributed by atoms with Gasteiger partial charge in [0.1, 0.15) is 6.10 Å². The van der Waals surface area contributed by atoms with E-state index in [1.54, 1.807) is 0 Å². The molecule has 3 fully saturated rings. The van der Waals surface area contributed by atoms with Crippen LogP contribution >= 0.6 is 0 Å². The number of nitrogens with zero attached hydrogens (tertiary/aromatic N) is 2. The normalized spacial score (nSPS) is 35.8. The summed E-state index contributed by atoms with van der Waals surface area (Å²) in [5, 5.41) is 0. The standard InChI is InChI=1S/C31H42N2O4/c1-20-10-11-26-25(17-33-19-32-28-8-6-7-9-29(28)33)27(13-15-30(20,26)4)31(5)14-12-24(37-22(3)35)16-23(31)18-36-21(2)34/h6-9,19,23-27H,1,10-18H2,2-5H3/t23?,24?,25-,26-,27-,30+,31?/m0/s1. The van der Waals surface area contributed by atoms with Gasteiger partial charge in [0, 0.05) is 26.3 Å². The molecule has 6 heteroatoms. The quantitative estimate of drug-likeness (QED) is 0.338. The first-order valence-corrected chi connectivity index (χ1v) is 14.0. The Morgan fingerprint density at radius 1 is 1.08 bits per heavy atom. The molecular weight excluding hydrogens is 464 g/mol. The Morgan fingerprint density at radius 3 is 2.62 bits per heavy atom. The van der Waals surface area contributed by atoms with E-state index in [1.807, 2.05) is 12.4 Å². The fourth-order valence-electron chi connectivity index (χ4n) is 8.34. The van der Waals surface area contributed by atoms with Gasteiger partial charge in [-0.15, -0.1) is 0 Å². The Bertz CT molecular complexity index is 1190. The molecule has 0 saturated heterocycles. The molecule has 3 aliphatic carbocycles. The predicted molar refractivity (Wildman–Crippen MR) is 144 cm³/mol. The molecule has 3 aliphatic rings. The van der Waals surface area contributed by atoms with E-state index in [0.29, 0.717) is 24.4 Å². The molecule has 3 saturated carbocycles. The number of allylic oxidation sites excluding steroid dienone is 1. The molecule has 0 radical (unpaired) electrons. The minimum absolute atomic E-state index is 0.0155. The maximum atomic E-state index is 11.8. The first-order valence-electron chi connectivity index (χ1n) is 14.0. The molecule has 6 nitrogen and oxygen atoms in total. The molecule has 37 heavy (non-hydrogen) atoms. The van der Waals surface area contributed by atoms with Gasteiger partial charge in [-0.2, -0.15) is 0 Å². The summed E-state index contributed by atoms with van der Waals surface area (Å²) >= 11 is 0. The van der Waals surface area contributed by atoms with Crippen molar-refractivity contribution in [3.8, 4) is 0 Å². The van der Waals surface area contributed by atoms with E-state index in [4.69, 9.17) is 14.5 Å². The van der Waals surface area contributed by atoms with E-state index in [0.717, 1.165) is 50.6 Å². The molecule has 1 heterocycles. The number of hydrogen-bond donors (Lipinski definition) is 0. The average Bonchev–Trinajstić information content (AvgIpc) is 3.40. The van der Waals surface area contributed by atoms with Crippen molar-refractivity contribution in [2.24, 2.45) is 34.5 Å². The van der Waals surface area contributed by atoms with Gasteiger partial charge in [-0.25, -0.2) is 4.98 Å². The van der Waals surface area contributed by atoms with Gasteiger partial charge in [0.05, 0.1) is 24.0 Å². The highest BCUT2D eigenvalue weighted by Gasteiger charge is 2.57. The summed E-state index contributed by atoms with van der Waals surface area (Å²) in [5.41, 5.74) is 3.79. The van der Waals surface area contributed by atoms with Crippen LogP contribution in [0.5, 0.6) is 0 Å². The number of hydrogen-bond acceptors (Lipinski definition) is 5.